The SMILES string of the molecule is NC(COC1CCC1)c1noc(C2CCCCC2)n1. The van der Waals surface area contributed by atoms with Crippen LogP contribution in [-0.2, 0) is 4.74 Å². The zero-order valence-electron chi connectivity index (χ0n) is 11.4. The molecule has 2 N–H and O–H groups in total. The average molecular weight is 265 g/mol. The van der Waals surface area contributed by atoms with Gasteiger partial charge in [0.25, 0.3) is 0 Å². The Bertz CT molecular complexity index is 397. The predicted octanol–water partition coefficient (Wildman–Crippen LogP) is 2.69. The van der Waals surface area contributed by atoms with Gasteiger partial charge in [0.15, 0.2) is 5.82 Å². The molecule has 0 aromatic carbocycles. The van der Waals surface area contributed by atoms with Gasteiger partial charge < -0.3 is 15.0 Å². The first kappa shape index (κ1) is 13.1. The number of aromatic nitrogens is 2. The number of nitrogens with two attached hydrogens (primary N) is 1. The Labute approximate surface area is 113 Å². The lowest BCUT2D eigenvalue weighted by Gasteiger charge is -2.26. The minimum absolute atomic E-state index is 0.262. The Kier molecular flexibility index (Phi) is 4.13. The van der Waals surface area contributed by atoms with E-state index in [1.54, 1.807) is 0 Å². The summed E-state index contributed by atoms with van der Waals surface area (Å²) in [5.41, 5.74) is 6.05. The van der Waals surface area contributed by atoms with Gasteiger partial charge in [0.1, 0.15) is 0 Å². The maximum absolute atomic E-state index is 6.05. The quantitative estimate of drug-likeness (QED) is 0.886. The standard InChI is InChI=1S/C14H23N3O2/c15-12(9-18-11-7-4-8-11)13-16-14(19-17-13)10-5-2-1-3-6-10/h10-12H,1-9,15H2. The Morgan fingerprint density at radius 2 is 1.95 bits per heavy atom. The van der Waals surface area contributed by atoms with Crippen LogP contribution in [0.4, 0.5) is 0 Å². The second-order valence-electron chi connectivity index (χ2n) is 5.82. The molecule has 5 nitrogen and oxygen atoms in total. The largest absolute Gasteiger partial charge is 0.376 e. The van der Waals surface area contributed by atoms with Crippen LogP contribution >= 0.6 is 0 Å². The molecule has 3 rings (SSSR count). The van der Waals surface area contributed by atoms with Crippen molar-refractivity contribution >= 4 is 0 Å². The second kappa shape index (κ2) is 6.01. The molecule has 1 unspecified atom stereocenters. The van der Waals surface area contributed by atoms with Crippen LogP contribution in [-0.4, -0.2) is 22.9 Å². The van der Waals surface area contributed by atoms with E-state index >= 15 is 0 Å². The molecular weight excluding hydrogens is 242 g/mol. The van der Waals surface area contributed by atoms with E-state index in [0.717, 1.165) is 31.6 Å². The van der Waals surface area contributed by atoms with Crippen molar-refractivity contribution in [3.05, 3.63) is 11.7 Å². The van der Waals surface area contributed by atoms with E-state index < -0.39 is 0 Å². The van der Waals surface area contributed by atoms with Gasteiger partial charge >= 0.3 is 0 Å². The molecule has 0 bridgehead atoms. The summed E-state index contributed by atoms with van der Waals surface area (Å²) in [6.07, 6.45) is 10.2. The summed E-state index contributed by atoms with van der Waals surface area (Å²) in [6.45, 7) is 0.494. The van der Waals surface area contributed by atoms with Crippen molar-refractivity contribution in [3.63, 3.8) is 0 Å². The summed E-state index contributed by atoms with van der Waals surface area (Å²) >= 11 is 0. The van der Waals surface area contributed by atoms with Crippen molar-refractivity contribution in [1.82, 2.24) is 10.1 Å². The van der Waals surface area contributed by atoms with Gasteiger partial charge in [-0.05, 0) is 32.1 Å². The molecule has 106 valence electrons. The fourth-order valence-corrected chi connectivity index (χ4v) is 2.76. The van der Waals surface area contributed by atoms with Crippen molar-refractivity contribution < 1.29 is 9.26 Å². The smallest absolute Gasteiger partial charge is 0.229 e. The molecule has 1 aromatic rings. The Hall–Kier alpha value is -0.940. The van der Waals surface area contributed by atoms with Gasteiger partial charge in [-0.15, -0.1) is 0 Å². The van der Waals surface area contributed by atoms with E-state index in [2.05, 4.69) is 10.1 Å². The third-order valence-corrected chi connectivity index (χ3v) is 4.31. The molecule has 0 spiro atoms. The van der Waals surface area contributed by atoms with E-state index in [9.17, 15) is 0 Å². The van der Waals surface area contributed by atoms with Crippen LogP contribution in [0, 0.1) is 0 Å². The molecule has 2 fully saturated rings. The monoisotopic (exact) mass is 265 g/mol. The molecule has 2 aliphatic carbocycles. The highest BCUT2D eigenvalue weighted by Gasteiger charge is 2.24. The van der Waals surface area contributed by atoms with Crippen LogP contribution in [0.2, 0.25) is 0 Å². The minimum atomic E-state index is -0.262. The van der Waals surface area contributed by atoms with E-state index in [4.69, 9.17) is 15.0 Å². The molecule has 1 atom stereocenters. The zero-order valence-corrected chi connectivity index (χ0v) is 11.4. The number of rotatable bonds is 5. The summed E-state index contributed by atoms with van der Waals surface area (Å²) in [7, 11) is 0. The molecule has 2 saturated carbocycles. The zero-order chi connectivity index (χ0) is 13.1. The van der Waals surface area contributed by atoms with Gasteiger partial charge in [-0.3, -0.25) is 0 Å². The summed E-state index contributed by atoms with van der Waals surface area (Å²) in [5, 5.41) is 4.02. The molecule has 0 radical (unpaired) electrons. The third-order valence-electron chi connectivity index (χ3n) is 4.31. The van der Waals surface area contributed by atoms with Gasteiger partial charge in [0.05, 0.1) is 18.8 Å². The average Bonchev–Trinajstić information content (AvgIpc) is 2.87. The Morgan fingerprint density at radius 3 is 2.63 bits per heavy atom. The predicted molar refractivity (Wildman–Crippen MR) is 70.6 cm³/mol. The van der Waals surface area contributed by atoms with Crippen LogP contribution in [0.25, 0.3) is 0 Å². The lowest BCUT2D eigenvalue weighted by Crippen LogP contribution is -2.27. The van der Waals surface area contributed by atoms with Gasteiger partial charge in [-0.25, -0.2) is 0 Å². The van der Waals surface area contributed by atoms with Crippen molar-refractivity contribution in [2.24, 2.45) is 5.73 Å². The minimum Gasteiger partial charge on any atom is -0.376 e. The molecular formula is C14H23N3O2. The van der Waals surface area contributed by atoms with Crippen LogP contribution in [0.15, 0.2) is 4.52 Å². The first-order valence-corrected chi connectivity index (χ1v) is 7.53. The van der Waals surface area contributed by atoms with Crippen molar-refractivity contribution in [2.45, 2.75) is 69.4 Å². The molecule has 1 heterocycles. The van der Waals surface area contributed by atoms with Gasteiger partial charge in [0, 0.05) is 5.92 Å². The van der Waals surface area contributed by atoms with E-state index in [1.807, 2.05) is 0 Å². The fourth-order valence-electron chi connectivity index (χ4n) is 2.76. The summed E-state index contributed by atoms with van der Waals surface area (Å²) < 4.78 is 11.1. The molecule has 2 aliphatic rings. The lowest BCUT2D eigenvalue weighted by molar-refractivity contribution is -0.00549. The number of ether oxygens (including phenoxy) is 1. The maximum Gasteiger partial charge on any atom is 0.229 e. The highest BCUT2D eigenvalue weighted by Crippen LogP contribution is 2.32. The first-order valence-electron chi connectivity index (χ1n) is 7.53. The van der Waals surface area contributed by atoms with Gasteiger partial charge in [-0.2, -0.15) is 4.98 Å². The highest BCUT2D eigenvalue weighted by molar-refractivity contribution is 4.98. The fraction of sp³-hybridized carbons (Fsp3) is 0.857. The van der Waals surface area contributed by atoms with Crippen molar-refractivity contribution in [2.75, 3.05) is 6.61 Å². The van der Waals surface area contributed by atoms with E-state index in [-0.39, 0.29) is 6.04 Å². The van der Waals surface area contributed by atoms with Crippen LogP contribution in [0.3, 0.4) is 0 Å². The van der Waals surface area contributed by atoms with E-state index in [1.165, 1.54) is 25.7 Å². The number of hydrogen-bond donors (Lipinski definition) is 1. The normalized spacial score (nSPS) is 23.2. The maximum atomic E-state index is 6.05. The van der Waals surface area contributed by atoms with Crippen LogP contribution in [0.5, 0.6) is 0 Å². The van der Waals surface area contributed by atoms with Gasteiger partial charge in [0.2, 0.25) is 5.89 Å². The number of hydrogen-bond acceptors (Lipinski definition) is 5. The molecule has 5 heteroatoms. The lowest BCUT2D eigenvalue weighted by atomic mass is 9.89. The Morgan fingerprint density at radius 1 is 1.16 bits per heavy atom. The third kappa shape index (κ3) is 3.15. The molecule has 1 aromatic heterocycles. The van der Waals surface area contributed by atoms with Crippen LogP contribution in [0.1, 0.15) is 75.0 Å². The number of nitrogens with zero attached hydrogens (tertiary/aromatic N) is 2. The molecule has 0 aliphatic heterocycles. The second-order valence-corrected chi connectivity index (χ2v) is 5.82. The summed E-state index contributed by atoms with van der Waals surface area (Å²) in [6, 6.07) is -0.262. The summed E-state index contributed by atoms with van der Waals surface area (Å²) in [5.74, 6) is 1.81. The van der Waals surface area contributed by atoms with Crippen molar-refractivity contribution in [3.8, 4) is 0 Å². The Balaban J connectivity index is 1.53. The topological polar surface area (TPSA) is 74.2 Å². The highest BCUT2D eigenvalue weighted by atomic mass is 16.5. The first-order chi connectivity index (χ1) is 9.33. The molecule has 0 saturated heterocycles. The van der Waals surface area contributed by atoms with Crippen LogP contribution < -0.4 is 5.73 Å². The van der Waals surface area contributed by atoms with Gasteiger partial charge in [-0.1, -0.05) is 24.4 Å². The molecule has 19 heavy (non-hydrogen) atoms. The van der Waals surface area contributed by atoms with E-state index in [0.29, 0.717) is 24.5 Å². The summed E-state index contributed by atoms with van der Waals surface area (Å²) in [4.78, 5) is 4.47. The van der Waals surface area contributed by atoms with Crippen molar-refractivity contribution in [1.29, 1.82) is 0 Å². The molecule has 0 amide bonds.